The lowest BCUT2D eigenvalue weighted by atomic mass is 9.76. The van der Waals surface area contributed by atoms with E-state index < -0.39 is 58.2 Å². The Morgan fingerprint density at radius 3 is 1.98 bits per heavy atom. The smallest absolute Gasteiger partial charge is 0.327 e. The van der Waals surface area contributed by atoms with Crippen LogP contribution in [0.4, 0.5) is 0 Å². The van der Waals surface area contributed by atoms with E-state index in [1.54, 1.807) is 18.3 Å². The van der Waals surface area contributed by atoms with E-state index in [1.165, 1.54) is 67.2 Å². The van der Waals surface area contributed by atoms with Crippen LogP contribution in [-0.2, 0) is 24.0 Å². The van der Waals surface area contributed by atoms with Gasteiger partial charge in [0.25, 0.3) is 0 Å². The number of nitrogens with one attached hydrogen (secondary N) is 2. The Hall–Kier alpha value is -2.31. The summed E-state index contributed by atoms with van der Waals surface area (Å²) in [6, 6.07) is 1.00. The molecule has 19 heteroatoms. The van der Waals surface area contributed by atoms with Crippen LogP contribution in [0.5, 0.6) is 0 Å². The van der Waals surface area contributed by atoms with Gasteiger partial charge in [-0.05, 0) is 25.0 Å². The SMILES string of the molecule is CC(=O)NC(CSC(c1cc(SCCl)ncn1)C1CCCC(C(SCC(NC(C)=O)C(=O)O)c2nccc(SCCl)n2)C1=O)C(=O)O. The van der Waals surface area contributed by atoms with E-state index in [0.717, 1.165) is 0 Å². The minimum absolute atomic E-state index is 0.0357. The first-order chi connectivity index (χ1) is 22.4. The molecule has 0 spiro atoms. The molecule has 0 aliphatic heterocycles. The number of carboxylic acid groups (broad SMARTS) is 2. The van der Waals surface area contributed by atoms with Crippen molar-refractivity contribution in [2.75, 3.05) is 21.9 Å². The Morgan fingerprint density at radius 1 is 0.872 bits per heavy atom. The van der Waals surface area contributed by atoms with Crippen molar-refractivity contribution in [1.29, 1.82) is 0 Å². The van der Waals surface area contributed by atoms with Crippen molar-refractivity contribution in [3.05, 3.63) is 36.2 Å². The maximum absolute atomic E-state index is 14.5. The van der Waals surface area contributed by atoms with Gasteiger partial charge in [-0.3, -0.25) is 14.4 Å². The van der Waals surface area contributed by atoms with Crippen LogP contribution >= 0.6 is 70.2 Å². The third-order valence-electron chi connectivity index (χ3n) is 6.99. The molecule has 1 saturated carbocycles. The highest BCUT2D eigenvalue weighted by molar-refractivity contribution is 8.00. The summed E-state index contributed by atoms with van der Waals surface area (Å²) < 4.78 is 0. The van der Waals surface area contributed by atoms with Gasteiger partial charge < -0.3 is 20.8 Å². The van der Waals surface area contributed by atoms with Gasteiger partial charge >= 0.3 is 11.9 Å². The molecule has 3 rings (SSSR count). The van der Waals surface area contributed by atoms with E-state index in [-0.39, 0.29) is 27.7 Å². The molecule has 2 aromatic rings. The third kappa shape index (κ3) is 12.0. The van der Waals surface area contributed by atoms with Crippen molar-refractivity contribution in [2.24, 2.45) is 11.8 Å². The lowest BCUT2D eigenvalue weighted by molar-refractivity contribution is -0.141. The molecule has 4 N–H and O–H groups in total. The summed E-state index contributed by atoms with van der Waals surface area (Å²) in [6.07, 6.45) is 4.51. The van der Waals surface area contributed by atoms with Crippen LogP contribution in [0.1, 0.15) is 55.1 Å². The van der Waals surface area contributed by atoms with Crippen LogP contribution in [-0.4, -0.2) is 93.7 Å². The Bertz CT molecular complexity index is 1330. The fraction of sp³-hybridized carbons (Fsp3) is 0.536. The number of thioether (sulfide) groups is 4. The number of hydrogen-bond donors (Lipinski definition) is 4. The quantitative estimate of drug-likeness (QED) is 0.0953. The van der Waals surface area contributed by atoms with E-state index in [1.807, 2.05) is 0 Å². The van der Waals surface area contributed by atoms with Gasteiger partial charge in [0.15, 0.2) is 0 Å². The van der Waals surface area contributed by atoms with Crippen molar-refractivity contribution >= 4 is 99.8 Å². The van der Waals surface area contributed by atoms with Gasteiger partial charge in [-0.2, -0.15) is 0 Å². The first-order valence-corrected chi connectivity index (χ1v) is 19.4. The largest absolute Gasteiger partial charge is 0.480 e. The number of carboxylic acids is 2. The highest BCUT2D eigenvalue weighted by atomic mass is 35.5. The number of carbonyl (C=O) groups excluding carboxylic acids is 3. The van der Waals surface area contributed by atoms with Crippen molar-refractivity contribution in [3.63, 3.8) is 0 Å². The summed E-state index contributed by atoms with van der Waals surface area (Å²) in [7, 11) is 0. The van der Waals surface area contributed by atoms with Crippen molar-refractivity contribution in [1.82, 2.24) is 30.6 Å². The van der Waals surface area contributed by atoms with Crippen LogP contribution in [0.2, 0.25) is 0 Å². The molecule has 2 heterocycles. The summed E-state index contributed by atoms with van der Waals surface area (Å²) in [5.41, 5.74) is 0.515. The number of hydrogen-bond acceptors (Lipinski definition) is 13. The van der Waals surface area contributed by atoms with Crippen LogP contribution in [0, 0.1) is 11.8 Å². The average molecular weight is 766 g/mol. The zero-order valence-electron chi connectivity index (χ0n) is 25.3. The second-order valence-electron chi connectivity index (χ2n) is 10.3. The van der Waals surface area contributed by atoms with E-state index in [4.69, 9.17) is 23.2 Å². The Balaban J connectivity index is 2.02. The Morgan fingerprint density at radius 2 is 1.43 bits per heavy atom. The number of alkyl halides is 2. The fourth-order valence-corrected chi connectivity index (χ4v) is 9.36. The molecule has 1 aliphatic carbocycles. The van der Waals surface area contributed by atoms with Gasteiger partial charge in [-0.1, -0.05) is 29.9 Å². The van der Waals surface area contributed by atoms with E-state index in [0.29, 0.717) is 40.8 Å². The number of rotatable bonds is 18. The number of carbonyl (C=O) groups is 5. The lowest BCUT2D eigenvalue weighted by Gasteiger charge is -2.36. The number of nitrogens with zero attached hydrogens (tertiary/aromatic N) is 4. The number of aromatic nitrogens is 4. The molecule has 6 unspecified atom stereocenters. The van der Waals surface area contributed by atoms with Crippen molar-refractivity contribution in [2.45, 2.75) is 65.7 Å². The van der Waals surface area contributed by atoms with Gasteiger partial charge in [0.1, 0.15) is 40.1 Å². The molecule has 0 radical (unpaired) electrons. The minimum atomic E-state index is -1.22. The molecule has 13 nitrogen and oxygen atoms in total. The van der Waals surface area contributed by atoms with Gasteiger partial charge in [-0.25, -0.2) is 29.5 Å². The monoisotopic (exact) mass is 764 g/mol. The van der Waals surface area contributed by atoms with Gasteiger partial charge in [0, 0.05) is 43.4 Å². The molecule has 1 aliphatic rings. The van der Waals surface area contributed by atoms with Gasteiger partial charge in [0.2, 0.25) is 11.8 Å². The number of ketones is 1. The normalized spacial score (nSPS) is 18.9. The maximum Gasteiger partial charge on any atom is 0.327 e. The number of aliphatic carboxylic acids is 2. The molecule has 47 heavy (non-hydrogen) atoms. The summed E-state index contributed by atoms with van der Waals surface area (Å²) in [6.45, 7) is 2.46. The van der Waals surface area contributed by atoms with E-state index >= 15 is 0 Å². The second-order valence-corrected chi connectivity index (χ2v) is 15.8. The first kappa shape index (κ1) is 39.1. The summed E-state index contributed by atoms with van der Waals surface area (Å²) in [5.74, 6) is -4.59. The van der Waals surface area contributed by atoms with Gasteiger partial charge in [-0.15, -0.1) is 46.7 Å². The Labute approximate surface area is 298 Å². The highest BCUT2D eigenvalue weighted by Crippen LogP contribution is 2.48. The van der Waals surface area contributed by atoms with Crippen LogP contribution in [0.25, 0.3) is 0 Å². The molecule has 1 fully saturated rings. The lowest BCUT2D eigenvalue weighted by Crippen LogP contribution is -2.42. The number of Topliss-reactive ketones (excluding diaryl/α,β-unsaturated/α-hetero) is 1. The van der Waals surface area contributed by atoms with E-state index in [9.17, 15) is 34.2 Å². The Kier molecular flexibility index (Phi) is 16.3. The molecule has 2 aromatic heterocycles. The highest BCUT2D eigenvalue weighted by Gasteiger charge is 2.43. The topological polar surface area (TPSA) is 201 Å². The van der Waals surface area contributed by atoms with Crippen LogP contribution in [0.3, 0.4) is 0 Å². The number of amides is 2. The third-order valence-corrected chi connectivity index (χ3v) is 11.8. The zero-order valence-corrected chi connectivity index (χ0v) is 30.1. The average Bonchev–Trinajstić information content (AvgIpc) is 3.01. The van der Waals surface area contributed by atoms with E-state index in [2.05, 4.69) is 30.6 Å². The minimum Gasteiger partial charge on any atom is -0.480 e. The van der Waals surface area contributed by atoms with Crippen molar-refractivity contribution in [3.8, 4) is 0 Å². The second kappa shape index (κ2) is 19.6. The predicted octanol–water partition coefficient (Wildman–Crippen LogP) is 4.26. The molecule has 0 aromatic carbocycles. The molecule has 6 atom stereocenters. The summed E-state index contributed by atoms with van der Waals surface area (Å²) in [4.78, 5) is 79.6. The molecule has 0 bridgehead atoms. The molecular formula is C28H34Cl2N6O7S4. The standard InChI is InChI=1S/C28H34Cl2N6O7S4/c1-14(37)34-19(27(40)41)9-44-24(18-8-22(47-12-30)33-13-32-18)16-4-3-5-17(23(16)39)25(26-31-7-6-21(36-26)46-11-29)45-10-20(28(42)43)35-15(2)38/h6-8,13,16-17,19-20,24-25H,3-5,9-12H2,1-2H3,(H,34,37)(H,35,38)(H,40,41)(H,42,43). The number of halogens is 2. The van der Waals surface area contributed by atoms with Gasteiger partial charge in [0.05, 0.1) is 26.6 Å². The van der Waals surface area contributed by atoms with Crippen LogP contribution in [0.15, 0.2) is 34.7 Å². The molecule has 256 valence electrons. The zero-order chi connectivity index (χ0) is 34.5. The molecule has 2 amide bonds. The molecule has 0 saturated heterocycles. The summed E-state index contributed by atoms with van der Waals surface area (Å²) >= 11 is 16.8. The van der Waals surface area contributed by atoms with Crippen molar-refractivity contribution < 1.29 is 34.2 Å². The first-order valence-electron chi connectivity index (χ1n) is 14.2. The van der Waals surface area contributed by atoms with Crippen LogP contribution < -0.4 is 10.6 Å². The molecular weight excluding hydrogens is 732 g/mol. The summed E-state index contributed by atoms with van der Waals surface area (Å²) in [5, 5.41) is 24.7. The fourth-order valence-electron chi connectivity index (χ4n) is 5.01. The maximum atomic E-state index is 14.5. The predicted molar refractivity (Wildman–Crippen MR) is 184 cm³/mol.